The van der Waals surface area contributed by atoms with Crippen LogP contribution in [0.4, 0.5) is 0 Å². The zero-order valence-corrected chi connectivity index (χ0v) is 14.8. The molecule has 0 aromatic heterocycles. The molecule has 0 aromatic carbocycles. The van der Waals surface area contributed by atoms with Crippen molar-refractivity contribution in [3.8, 4) is 0 Å². The molecule has 0 fully saturated rings. The van der Waals surface area contributed by atoms with Crippen LogP contribution in [0.2, 0.25) is 0 Å². The van der Waals surface area contributed by atoms with Gasteiger partial charge < -0.3 is 0 Å². The Balaban J connectivity index is 4.29. The molecule has 0 nitrogen and oxygen atoms in total. The van der Waals surface area contributed by atoms with E-state index in [9.17, 15) is 0 Å². The van der Waals surface area contributed by atoms with Gasteiger partial charge in [-0.25, -0.2) is 0 Å². The monoisotopic (exact) mass is 278 g/mol. The van der Waals surface area contributed by atoms with Crippen LogP contribution < -0.4 is 0 Å². The van der Waals surface area contributed by atoms with Gasteiger partial charge in [0.05, 0.1) is 0 Å². The van der Waals surface area contributed by atoms with Crippen LogP contribution >= 0.6 is 0 Å². The Morgan fingerprint density at radius 1 is 0.950 bits per heavy atom. The molecule has 0 aromatic rings. The Morgan fingerprint density at radius 3 is 2.20 bits per heavy atom. The Morgan fingerprint density at radius 2 is 1.65 bits per heavy atom. The Kier molecular flexibility index (Phi) is 13.1. The van der Waals surface area contributed by atoms with Gasteiger partial charge in [0.1, 0.15) is 0 Å². The summed E-state index contributed by atoms with van der Waals surface area (Å²) in [6.45, 7) is 11.5. The van der Waals surface area contributed by atoms with E-state index in [0.717, 1.165) is 5.92 Å². The third-order valence-corrected chi connectivity index (χ3v) is 3.96. The van der Waals surface area contributed by atoms with Crippen molar-refractivity contribution >= 4 is 0 Å². The third kappa shape index (κ3) is 11.3. The third-order valence-electron chi connectivity index (χ3n) is 3.96. The second-order valence-electron chi connectivity index (χ2n) is 6.50. The highest BCUT2D eigenvalue weighted by Gasteiger charge is 2.03. The van der Waals surface area contributed by atoms with Crippen molar-refractivity contribution in [1.29, 1.82) is 0 Å². The zero-order valence-electron chi connectivity index (χ0n) is 14.8. The summed E-state index contributed by atoms with van der Waals surface area (Å²) in [7, 11) is 0. The highest BCUT2D eigenvalue weighted by molar-refractivity contribution is 5.19. The molecule has 1 unspecified atom stereocenters. The van der Waals surface area contributed by atoms with Gasteiger partial charge >= 0.3 is 0 Å². The van der Waals surface area contributed by atoms with Gasteiger partial charge in [-0.3, -0.25) is 0 Å². The van der Waals surface area contributed by atoms with E-state index in [4.69, 9.17) is 0 Å². The molecule has 20 heavy (non-hydrogen) atoms. The molecular formula is C20H38. The minimum atomic E-state index is 0.665. The van der Waals surface area contributed by atoms with Crippen LogP contribution in [0.1, 0.15) is 92.4 Å². The quantitative estimate of drug-likeness (QED) is 0.259. The Hall–Kier alpha value is -0.520. The van der Waals surface area contributed by atoms with Crippen LogP contribution in [-0.2, 0) is 0 Å². The number of unbranched alkanes of at least 4 members (excludes halogenated alkanes) is 3. The fraction of sp³-hybridized carbons (Fsp3) is 0.800. The first-order chi connectivity index (χ1) is 9.63. The van der Waals surface area contributed by atoms with Gasteiger partial charge in [0.2, 0.25) is 0 Å². The van der Waals surface area contributed by atoms with Crippen LogP contribution in [-0.4, -0.2) is 0 Å². The molecule has 0 saturated heterocycles. The summed E-state index contributed by atoms with van der Waals surface area (Å²) in [6.07, 6.45) is 19.3. The van der Waals surface area contributed by atoms with Crippen molar-refractivity contribution < 1.29 is 0 Å². The maximum atomic E-state index is 2.44. The first kappa shape index (κ1) is 19.5. The van der Waals surface area contributed by atoms with Gasteiger partial charge in [-0.1, -0.05) is 96.9 Å². The van der Waals surface area contributed by atoms with Crippen molar-refractivity contribution in [3.63, 3.8) is 0 Å². The normalized spacial score (nSPS) is 14.4. The van der Waals surface area contributed by atoms with Crippen LogP contribution in [0, 0.1) is 11.8 Å². The highest BCUT2D eigenvalue weighted by Crippen LogP contribution is 2.19. The number of rotatable bonds is 12. The molecule has 0 amide bonds. The number of hydrogen-bond acceptors (Lipinski definition) is 0. The van der Waals surface area contributed by atoms with E-state index in [1.807, 2.05) is 0 Å². The molecule has 0 aliphatic rings. The largest absolute Gasteiger partial charge is 0.0840 e. The fourth-order valence-corrected chi connectivity index (χ4v) is 2.62. The van der Waals surface area contributed by atoms with Crippen molar-refractivity contribution in [3.05, 3.63) is 23.8 Å². The van der Waals surface area contributed by atoms with Gasteiger partial charge in [0.25, 0.3) is 0 Å². The topological polar surface area (TPSA) is 0 Å². The van der Waals surface area contributed by atoms with Crippen LogP contribution in [0.25, 0.3) is 0 Å². The summed E-state index contributed by atoms with van der Waals surface area (Å²) in [5.74, 6) is 1.56. The molecule has 0 N–H and O–H groups in total. The van der Waals surface area contributed by atoms with Crippen molar-refractivity contribution in [2.75, 3.05) is 0 Å². The highest BCUT2D eigenvalue weighted by atomic mass is 14.1. The number of allylic oxidation sites excluding steroid dienone is 4. The lowest BCUT2D eigenvalue weighted by atomic mass is 9.94. The maximum absolute atomic E-state index is 2.44. The molecule has 0 aliphatic heterocycles. The average Bonchev–Trinajstić information content (AvgIpc) is 2.42. The van der Waals surface area contributed by atoms with E-state index < -0.39 is 0 Å². The van der Waals surface area contributed by atoms with Crippen molar-refractivity contribution in [1.82, 2.24) is 0 Å². The molecule has 0 spiro atoms. The molecule has 0 aliphatic carbocycles. The molecule has 0 heterocycles. The van der Waals surface area contributed by atoms with E-state index in [1.165, 1.54) is 57.8 Å². The maximum Gasteiger partial charge on any atom is -0.0282 e. The SMILES string of the molecule is CCCCCC(/C=C\CC(CC)CCCC)=C/C(C)C. The molecule has 1 atom stereocenters. The van der Waals surface area contributed by atoms with Gasteiger partial charge in [0, 0.05) is 0 Å². The fourth-order valence-electron chi connectivity index (χ4n) is 2.62. The summed E-state index contributed by atoms with van der Waals surface area (Å²) in [6, 6.07) is 0. The summed E-state index contributed by atoms with van der Waals surface area (Å²) in [4.78, 5) is 0. The molecule has 0 saturated carbocycles. The standard InChI is InChI=1S/C20H38/c1-6-9-11-14-20(17-18(4)5)16-12-15-19(8-3)13-10-7-2/h12,16-19H,6-11,13-15H2,1-5H3/b16-12-,20-17-. The molecule has 0 rings (SSSR count). The first-order valence-electron chi connectivity index (χ1n) is 9.01. The van der Waals surface area contributed by atoms with Crippen LogP contribution in [0.5, 0.6) is 0 Å². The lowest BCUT2D eigenvalue weighted by Crippen LogP contribution is -1.97. The van der Waals surface area contributed by atoms with Crippen molar-refractivity contribution in [2.24, 2.45) is 11.8 Å². The molecule has 118 valence electrons. The summed E-state index contributed by atoms with van der Waals surface area (Å²) >= 11 is 0. The smallest absolute Gasteiger partial charge is 0.0282 e. The number of hydrogen-bond donors (Lipinski definition) is 0. The average molecular weight is 279 g/mol. The van der Waals surface area contributed by atoms with Crippen LogP contribution in [0.3, 0.4) is 0 Å². The van der Waals surface area contributed by atoms with Crippen molar-refractivity contribution in [2.45, 2.75) is 92.4 Å². The Bertz CT molecular complexity index is 257. The lowest BCUT2D eigenvalue weighted by Gasteiger charge is -2.11. The Labute approximate surface area is 128 Å². The van der Waals surface area contributed by atoms with Gasteiger partial charge in [-0.2, -0.15) is 0 Å². The van der Waals surface area contributed by atoms with Gasteiger partial charge in [-0.05, 0) is 31.1 Å². The van der Waals surface area contributed by atoms with E-state index in [-0.39, 0.29) is 0 Å². The molecular weight excluding hydrogens is 240 g/mol. The second-order valence-corrected chi connectivity index (χ2v) is 6.50. The zero-order chi connectivity index (χ0) is 15.2. The van der Waals surface area contributed by atoms with E-state index in [1.54, 1.807) is 5.57 Å². The second kappa shape index (κ2) is 13.5. The van der Waals surface area contributed by atoms with E-state index in [0.29, 0.717) is 5.92 Å². The molecule has 0 radical (unpaired) electrons. The van der Waals surface area contributed by atoms with Gasteiger partial charge in [-0.15, -0.1) is 0 Å². The molecule has 0 heteroatoms. The predicted molar refractivity (Wildman–Crippen MR) is 94.1 cm³/mol. The van der Waals surface area contributed by atoms with Gasteiger partial charge in [0.15, 0.2) is 0 Å². The minimum absolute atomic E-state index is 0.665. The lowest BCUT2D eigenvalue weighted by molar-refractivity contribution is 0.456. The summed E-state index contributed by atoms with van der Waals surface area (Å²) < 4.78 is 0. The summed E-state index contributed by atoms with van der Waals surface area (Å²) in [5.41, 5.74) is 1.55. The first-order valence-corrected chi connectivity index (χ1v) is 9.01. The summed E-state index contributed by atoms with van der Waals surface area (Å²) in [5, 5.41) is 0. The van der Waals surface area contributed by atoms with E-state index >= 15 is 0 Å². The predicted octanol–water partition coefficient (Wildman–Crippen LogP) is 7.31. The van der Waals surface area contributed by atoms with E-state index in [2.05, 4.69) is 52.8 Å². The minimum Gasteiger partial charge on any atom is -0.0840 e. The van der Waals surface area contributed by atoms with Crippen LogP contribution in [0.15, 0.2) is 23.8 Å². The molecule has 0 bridgehead atoms.